The van der Waals surface area contributed by atoms with Gasteiger partial charge in [0.1, 0.15) is 5.00 Å². The van der Waals surface area contributed by atoms with E-state index in [0.29, 0.717) is 27.4 Å². The van der Waals surface area contributed by atoms with Gasteiger partial charge in [0, 0.05) is 6.42 Å². The van der Waals surface area contributed by atoms with E-state index in [2.05, 4.69) is 12.2 Å². The van der Waals surface area contributed by atoms with Crippen LogP contribution >= 0.6 is 11.3 Å². The Kier molecular flexibility index (Phi) is 11.7. The lowest BCUT2D eigenvalue weighted by molar-refractivity contribution is -0.116. The number of Topliss-reactive ketones (excluding diaryl/α,β-unsaturated/α-hetero) is 1. The summed E-state index contributed by atoms with van der Waals surface area (Å²) in [5, 5.41) is 3.24. The summed E-state index contributed by atoms with van der Waals surface area (Å²) in [7, 11) is 0. The van der Waals surface area contributed by atoms with Gasteiger partial charge in [-0.25, -0.2) is 4.79 Å². The lowest BCUT2D eigenvalue weighted by Crippen LogP contribution is -2.14. The molecule has 158 valence electrons. The second kappa shape index (κ2) is 13.5. The number of thiophene rings is 1. The minimum Gasteiger partial charge on any atom is -0.462 e. The maximum atomic E-state index is 12.3. The Labute approximate surface area is 173 Å². The van der Waals surface area contributed by atoms with Gasteiger partial charge in [0.25, 0.3) is 0 Å². The Morgan fingerprint density at radius 1 is 0.929 bits per heavy atom. The number of anilines is 1. The third kappa shape index (κ3) is 8.13. The van der Waals surface area contributed by atoms with Crippen LogP contribution in [0.15, 0.2) is 0 Å². The Bertz CT molecular complexity index is 651. The molecule has 1 amide bonds. The molecule has 0 saturated heterocycles. The molecule has 0 atom stereocenters. The van der Waals surface area contributed by atoms with Gasteiger partial charge in [-0.15, -0.1) is 11.3 Å². The summed E-state index contributed by atoms with van der Waals surface area (Å²) in [6.07, 6.45) is 11.2. The summed E-state index contributed by atoms with van der Waals surface area (Å²) in [5.41, 5.74) is 0.881. The van der Waals surface area contributed by atoms with Crippen molar-refractivity contribution in [3.63, 3.8) is 0 Å². The molecule has 0 aliphatic carbocycles. The monoisotopic (exact) mass is 409 g/mol. The summed E-state index contributed by atoms with van der Waals surface area (Å²) in [6.45, 7) is 7.37. The van der Waals surface area contributed by atoms with Gasteiger partial charge < -0.3 is 10.1 Å². The van der Waals surface area contributed by atoms with Gasteiger partial charge in [0.05, 0.1) is 17.0 Å². The molecule has 0 fully saturated rings. The normalized spacial score (nSPS) is 10.7. The number of hydrogen-bond donors (Lipinski definition) is 1. The van der Waals surface area contributed by atoms with Crippen molar-refractivity contribution in [3.05, 3.63) is 16.0 Å². The molecule has 1 aromatic rings. The van der Waals surface area contributed by atoms with E-state index in [1.807, 2.05) is 0 Å². The molecular weight excluding hydrogens is 374 g/mol. The Morgan fingerprint density at radius 2 is 1.50 bits per heavy atom. The first-order valence-corrected chi connectivity index (χ1v) is 11.3. The average Bonchev–Trinajstić information content (AvgIpc) is 2.96. The number of esters is 1. The molecule has 6 heteroatoms. The molecular formula is C22H35NO4S. The molecule has 1 heterocycles. The maximum absolute atomic E-state index is 12.3. The smallest absolute Gasteiger partial charge is 0.341 e. The van der Waals surface area contributed by atoms with Crippen LogP contribution in [-0.2, 0) is 9.53 Å². The number of ketones is 1. The van der Waals surface area contributed by atoms with E-state index in [0.717, 1.165) is 30.6 Å². The molecule has 0 aromatic carbocycles. The molecule has 28 heavy (non-hydrogen) atoms. The van der Waals surface area contributed by atoms with Crippen LogP contribution < -0.4 is 5.32 Å². The van der Waals surface area contributed by atoms with Gasteiger partial charge in [0.15, 0.2) is 5.78 Å². The van der Waals surface area contributed by atoms with E-state index < -0.39 is 5.97 Å². The molecule has 0 bridgehead atoms. The topological polar surface area (TPSA) is 72.5 Å². The van der Waals surface area contributed by atoms with E-state index in [1.54, 1.807) is 13.8 Å². The summed E-state index contributed by atoms with van der Waals surface area (Å²) < 4.78 is 5.09. The van der Waals surface area contributed by atoms with E-state index in [9.17, 15) is 14.4 Å². The number of carbonyl (C=O) groups excluding carboxylic acids is 3. The van der Waals surface area contributed by atoms with Crippen molar-refractivity contribution in [3.8, 4) is 0 Å². The highest BCUT2D eigenvalue weighted by molar-refractivity contribution is 7.18. The second-order valence-electron chi connectivity index (χ2n) is 7.16. The van der Waals surface area contributed by atoms with E-state index in [1.165, 1.54) is 45.4 Å². The average molecular weight is 410 g/mol. The van der Waals surface area contributed by atoms with Gasteiger partial charge >= 0.3 is 5.97 Å². The molecule has 5 nitrogen and oxygen atoms in total. The number of unbranched alkanes of at least 4 members (excludes halogenated alkanes) is 8. The van der Waals surface area contributed by atoms with Crippen molar-refractivity contribution < 1.29 is 19.1 Å². The molecule has 0 saturated carbocycles. The van der Waals surface area contributed by atoms with Crippen LogP contribution in [0, 0.1) is 6.92 Å². The van der Waals surface area contributed by atoms with E-state index >= 15 is 0 Å². The zero-order valence-electron chi connectivity index (χ0n) is 17.8. The van der Waals surface area contributed by atoms with Crippen LogP contribution in [0.25, 0.3) is 0 Å². The van der Waals surface area contributed by atoms with Crippen LogP contribution in [0.2, 0.25) is 0 Å². The predicted molar refractivity (Wildman–Crippen MR) is 115 cm³/mol. The van der Waals surface area contributed by atoms with Crippen molar-refractivity contribution in [1.82, 2.24) is 0 Å². The highest BCUT2D eigenvalue weighted by Gasteiger charge is 2.25. The molecule has 0 aliphatic rings. The maximum Gasteiger partial charge on any atom is 0.341 e. The van der Waals surface area contributed by atoms with Crippen LogP contribution in [0.4, 0.5) is 5.00 Å². The Balaban J connectivity index is 2.49. The standard InChI is InChI=1S/C22H35NO4S/c1-5-7-8-9-10-11-12-13-14-15-18(25)23-21-19(22(26)27-6-2)16(3)20(28-21)17(4)24/h5-15H2,1-4H3,(H,23,25). The third-order valence-corrected chi connectivity index (χ3v) is 6.01. The van der Waals surface area contributed by atoms with Gasteiger partial charge in [-0.1, -0.05) is 58.3 Å². The number of nitrogens with one attached hydrogen (secondary N) is 1. The Morgan fingerprint density at radius 3 is 2.04 bits per heavy atom. The van der Waals surface area contributed by atoms with E-state index in [-0.39, 0.29) is 18.3 Å². The highest BCUT2D eigenvalue weighted by Crippen LogP contribution is 2.34. The number of carbonyl (C=O) groups is 3. The fourth-order valence-electron chi connectivity index (χ4n) is 3.17. The van der Waals surface area contributed by atoms with Crippen LogP contribution in [0.5, 0.6) is 0 Å². The summed E-state index contributed by atoms with van der Waals surface area (Å²) in [4.78, 5) is 36.8. The van der Waals surface area contributed by atoms with Crippen LogP contribution in [0.3, 0.4) is 0 Å². The van der Waals surface area contributed by atoms with Crippen molar-refractivity contribution in [2.45, 2.75) is 91.9 Å². The minimum atomic E-state index is -0.498. The van der Waals surface area contributed by atoms with Crippen LogP contribution in [-0.4, -0.2) is 24.3 Å². The van der Waals surface area contributed by atoms with Crippen LogP contribution in [0.1, 0.15) is 111 Å². The van der Waals surface area contributed by atoms with Crippen molar-refractivity contribution in [2.75, 3.05) is 11.9 Å². The summed E-state index contributed by atoms with van der Waals surface area (Å²) in [6, 6.07) is 0. The number of amides is 1. The van der Waals surface area contributed by atoms with Crippen molar-refractivity contribution >= 4 is 34.0 Å². The third-order valence-electron chi connectivity index (χ3n) is 4.71. The molecule has 0 radical (unpaired) electrons. The lowest BCUT2D eigenvalue weighted by Gasteiger charge is -2.07. The fraction of sp³-hybridized carbons (Fsp3) is 0.682. The first-order chi connectivity index (χ1) is 13.4. The minimum absolute atomic E-state index is 0.118. The lowest BCUT2D eigenvalue weighted by atomic mass is 10.1. The predicted octanol–water partition coefficient (Wildman–Crippen LogP) is 6.30. The van der Waals surface area contributed by atoms with Gasteiger partial charge in [-0.05, 0) is 32.8 Å². The zero-order valence-corrected chi connectivity index (χ0v) is 18.6. The summed E-state index contributed by atoms with van der Waals surface area (Å²) in [5.74, 6) is -0.737. The molecule has 0 aliphatic heterocycles. The van der Waals surface area contributed by atoms with Gasteiger partial charge in [-0.3, -0.25) is 9.59 Å². The number of ether oxygens (including phenoxy) is 1. The molecule has 1 N–H and O–H groups in total. The van der Waals surface area contributed by atoms with Crippen molar-refractivity contribution in [2.24, 2.45) is 0 Å². The van der Waals surface area contributed by atoms with E-state index in [4.69, 9.17) is 4.74 Å². The molecule has 1 aromatic heterocycles. The molecule has 1 rings (SSSR count). The quantitative estimate of drug-likeness (QED) is 0.222. The fourth-order valence-corrected chi connectivity index (χ4v) is 4.28. The van der Waals surface area contributed by atoms with Gasteiger partial charge in [0.2, 0.25) is 5.91 Å². The summed E-state index contributed by atoms with van der Waals surface area (Å²) >= 11 is 1.15. The number of hydrogen-bond acceptors (Lipinski definition) is 5. The highest BCUT2D eigenvalue weighted by atomic mass is 32.1. The first kappa shape index (κ1) is 24.3. The second-order valence-corrected chi connectivity index (χ2v) is 8.18. The Hall–Kier alpha value is -1.69. The first-order valence-electron chi connectivity index (χ1n) is 10.5. The zero-order chi connectivity index (χ0) is 20.9. The van der Waals surface area contributed by atoms with Gasteiger partial charge in [-0.2, -0.15) is 0 Å². The number of rotatable bonds is 14. The SMILES string of the molecule is CCCCCCCCCCCC(=O)Nc1sc(C(C)=O)c(C)c1C(=O)OCC. The van der Waals surface area contributed by atoms with Crippen molar-refractivity contribution in [1.29, 1.82) is 0 Å². The molecule has 0 unspecified atom stereocenters. The molecule has 0 spiro atoms. The largest absolute Gasteiger partial charge is 0.462 e.